The number of rotatable bonds is 5. The number of hydrogen-bond donors (Lipinski definition) is 1. The van der Waals surface area contributed by atoms with Crippen LogP contribution in [0.25, 0.3) is 11.1 Å². The van der Waals surface area contributed by atoms with E-state index in [4.69, 9.17) is 0 Å². The number of pyridine rings is 2. The highest BCUT2D eigenvalue weighted by Crippen LogP contribution is 2.22. The summed E-state index contributed by atoms with van der Waals surface area (Å²) < 4.78 is 25.0. The number of hydrogen-bond acceptors (Lipinski definition) is 5. The van der Waals surface area contributed by atoms with Gasteiger partial charge in [0.15, 0.2) is 0 Å². The average molecular weight is 332 g/mol. The lowest BCUT2D eigenvalue weighted by Gasteiger charge is -2.22. The van der Waals surface area contributed by atoms with Crippen molar-refractivity contribution in [3.63, 3.8) is 0 Å². The summed E-state index contributed by atoms with van der Waals surface area (Å²) in [6, 6.07) is 7.79. The molecule has 3 heterocycles. The molecule has 2 aromatic rings. The molecule has 1 saturated heterocycles. The fourth-order valence-electron chi connectivity index (χ4n) is 2.89. The first-order chi connectivity index (χ1) is 11.0. The first kappa shape index (κ1) is 15.9. The van der Waals surface area contributed by atoms with E-state index in [-0.39, 0.29) is 6.04 Å². The molecule has 0 saturated carbocycles. The van der Waals surface area contributed by atoms with Crippen LogP contribution in [-0.2, 0) is 10.0 Å². The monoisotopic (exact) mass is 332 g/mol. The Hall–Kier alpha value is -1.99. The van der Waals surface area contributed by atoms with Crippen molar-refractivity contribution in [3.05, 3.63) is 42.9 Å². The van der Waals surface area contributed by atoms with Crippen molar-refractivity contribution in [1.29, 1.82) is 0 Å². The molecule has 0 amide bonds. The highest BCUT2D eigenvalue weighted by Gasteiger charge is 2.30. The molecular weight excluding hydrogens is 312 g/mol. The molecule has 0 unspecified atom stereocenters. The Balaban J connectivity index is 1.63. The molecule has 2 aromatic heterocycles. The number of sulfonamides is 1. The van der Waals surface area contributed by atoms with E-state index in [0.29, 0.717) is 13.1 Å². The van der Waals surface area contributed by atoms with E-state index in [2.05, 4.69) is 15.3 Å². The van der Waals surface area contributed by atoms with Crippen molar-refractivity contribution in [2.45, 2.75) is 18.9 Å². The predicted molar refractivity (Wildman–Crippen MR) is 90.5 cm³/mol. The maximum absolute atomic E-state index is 11.7. The molecule has 23 heavy (non-hydrogen) atoms. The normalized spacial score (nSPS) is 18.9. The van der Waals surface area contributed by atoms with Crippen LogP contribution in [0, 0.1) is 0 Å². The van der Waals surface area contributed by atoms with Gasteiger partial charge in [0.05, 0.1) is 6.26 Å². The van der Waals surface area contributed by atoms with Crippen molar-refractivity contribution in [2.75, 3.05) is 24.7 Å². The third kappa shape index (κ3) is 3.86. The molecule has 1 aliphatic heterocycles. The minimum atomic E-state index is -3.13. The molecule has 0 spiro atoms. The molecule has 0 radical (unpaired) electrons. The van der Waals surface area contributed by atoms with Crippen molar-refractivity contribution in [3.8, 4) is 11.1 Å². The van der Waals surface area contributed by atoms with Crippen molar-refractivity contribution in [1.82, 2.24) is 14.3 Å². The van der Waals surface area contributed by atoms with Gasteiger partial charge in [0.2, 0.25) is 10.0 Å². The highest BCUT2D eigenvalue weighted by molar-refractivity contribution is 7.88. The van der Waals surface area contributed by atoms with E-state index in [0.717, 1.165) is 29.8 Å². The van der Waals surface area contributed by atoms with Gasteiger partial charge in [-0.2, -0.15) is 4.31 Å². The van der Waals surface area contributed by atoms with E-state index in [1.54, 1.807) is 22.9 Å². The van der Waals surface area contributed by atoms with Crippen LogP contribution in [0.15, 0.2) is 42.9 Å². The van der Waals surface area contributed by atoms with Crippen LogP contribution in [0.1, 0.15) is 12.8 Å². The second kappa shape index (κ2) is 6.64. The summed E-state index contributed by atoms with van der Waals surface area (Å²) >= 11 is 0. The number of anilines is 1. The second-order valence-corrected chi connectivity index (χ2v) is 7.65. The molecule has 0 aliphatic carbocycles. The largest absolute Gasteiger partial charge is 0.368 e. The van der Waals surface area contributed by atoms with Gasteiger partial charge >= 0.3 is 0 Å². The maximum Gasteiger partial charge on any atom is 0.211 e. The van der Waals surface area contributed by atoms with E-state index >= 15 is 0 Å². The number of aromatic nitrogens is 2. The van der Waals surface area contributed by atoms with Crippen LogP contribution in [0.5, 0.6) is 0 Å². The van der Waals surface area contributed by atoms with Crippen LogP contribution >= 0.6 is 0 Å². The number of nitrogens with one attached hydrogen (secondary N) is 1. The lowest BCUT2D eigenvalue weighted by Crippen LogP contribution is -2.38. The Morgan fingerprint density at radius 1 is 1.22 bits per heavy atom. The van der Waals surface area contributed by atoms with Crippen molar-refractivity contribution < 1.29 is 8.42 Å². The van der Waals surface area contributed by atoms with Crippen LogP contribution in [0.3, 0.4) is 0 Å². The summed E-state index contributed by atoms with van der Waals surface area (Å²) in [5.74, 6) is 0.753. The smallest absolute Gasteiger partial charge is 0.211 e. The first-order valence-electron chi connectivity index (χ1n) is 7.61. The minimum Gasteiger partial charge on any atom is -0.368 e. The van der Waals surface area contributed by atoms with Gasteiger partial charge in [-0.25, -0.2) is 13.4 Å². The lowest BCUT2D eigenvalue weighted by molar-refractivity contribution is 0.402. The summed E-state index contributed by atoms with van der Waals surface area (Å²) in [6.45, 7) is 1.19. The zero-order chi connectivity index (χ0) is 16.3. The molecule has 1 N–H and O–H groups in total. The van der Waals surface area contributed by atoms with Gasteiger partial charge < -0.3 is 5.32 Å². The predicted octanol–water partition coefficient (Wildman–Crippen LogP) is 1.98. The quantitative estimate of drug-likeness (QED) is 0.906. The van der Waals surface area contributed by atoms with E-state index in [9.17, 15) is 8.42 Å². The van der Waals surface area contributed by atoms with Gasteiger partial charge in [0.25, 0.3) is 0 Å². The summed E-state index contributed by atoms with van der Waals surface area (Å²) in [5.41, 5.74) is 2.09. The van der Waals surface area contributed by atoms with E-state index < -0.39 is 10.0 Å². The Morgan fingerprint density at radius 3 is 2.65 bits per heavy atom. The van der Waals surface area contributed by atoms with Gasteiger partial charge in [-0.1, -0.05) is 0 Å². The van der Waals surface area contributed by atoms with Crippen molar-refractivity contribution in [2.24, 2.45) is 0 Å². The molecule has 7 heteroatoms. The maximum atomic E-state index is 11.7. The third-order valence-corrected chi connectivity index (χ3v) is 5.38. The molecule has 1 atom stereocenters. The van der Waals surface area contributed by atoms with Crippen LogP contribution in [0.4, 0.5) is 5.82 Å². The second-order valence-electron chi connectivity index (χ2n) is 5.72. The third-order valence-electron chi connectivity index (χ3n) is 4.05. The summed E-state index contributed by atoms with van der Waals surface area (Å²) in [4.78, 5) is 8.41. The number of nitrogens with zero attached hydrogens (tertiary/aromatic N) is 3. The topological polar surface area (TPSA) is 75.2 Å². The van der Waals surface area contributed by atoms with Crippen LogP contribution in [-0.4, -0.2) is 48.1 Å². The summed E-state index contributed by atoms with van der Waals surface area (Å²) in [7, 11) is -3.13. The molecule has 3 rings (SSSR count). The van der Waals surface area contributed by atoms with Crippen LogP contribution < -0.4 is 5.32 Å². The molecule has 1 fully saturated rings. The van der Waals surface area contributed by atoms with E-state index in [1.165, 1.54) is 6.26 Å². The molecule has 6 nitrogen and oxygen atoms in total. The van der Waals surface area contributed by atoms with Crippen LogP contribution in [0.2, 0.25) is 0 Å². The average Bonchev–Trinajstić information content (AvgIpc) is 3.03. The zero-order valence-electron chi connectivity index (χ0n) is 13.0. The summed E-state index contributed by atoms with van der Waals surface area (Å²) in [6.07, 6.45) is 8.37. The molecule has 0 aromatic carbocycles. The molecule has 0 bridgehead atoms. The van der Waals surface area contributed by atoms with Crippen molar-refractivity contribution >= 4 is 15.8 Å². The lowest BCUT2D eigenvalue weighted by atomic mass is 10.1. The van der Waals surface area contributed by atoms with Gasteiger partial charge in [-0.05, 0) is 42.7 Å². The van der Waals surface area contributed by atoms with Gasteiger partial charge in [0.1, 0.15) is 5.82 Å². The van der Waals surface area contributed by atoms with Gasteiger partial charge in [0, 0.05) is 43.3 Å². The Labute approximate surface area is 136 Å². The van der Waals surface area contributed by atoms with E-state index in [1.807, 2.05) is 24.3 Å². The standard InChI is InChI=1S/C16H20N4O2S/c1-23(21,22)20-10-2-3-15(20)12-19-16-5-4-14(11-18-16)13-6-8-17-9-7-13/h4-9,11,15H,2-3,10,12H2,1H3,(H,18,19)/t15-/m1/s1. The molecule has 122 valence electrons. The molecule has 1 aliphatic rings. The summed E-state index contributed by atoms with van der Waals surface area (Å²) in [5, 5.41) is 3.24. The fourth-order valence-corrected chi connectivity index (χ4v) is 4.07. The first-order valence-corrected chi connectivity index (χ1v) is 9.46. The Kier molecular flexibility index (Phi) is 4.58. The molecular formula is C16H20N4O2S. The minimum absolute atomic E-state index is 0.00618. The fraction of sp³-hybridized carbons (Fsp3) is 0.375. The zero-order valence-corrected chi connectivity index (χ0v) is 13.8. The Morgan fingerprint density at radius 2 is 2.00 bits per heavy atom. The van der Waals surface area contributed by atoms with Gasteiger partial charge in [-0.15, -0.1) is 0 Å². The highest BCUT2D eigenvalue weighted by atomic mass is 32.2. The SMILES string of the molecule is CS(=O)(=O)N1CCC[C@@H]1CNc1ccc(-c2ccncc2)cn1. The Bertz CT molecular complexity index is 747. The van der Waals surface area contributed by atoms with Gasteiger partial charge in [-0.3, -0.25) is 4.98 Å².